The van der Waals surface area contributed by atoms with Crippen molar-refractivity contribution in [2.75, 3.05) is 32.7 Å². The van der Waals surface area contributed by atoms with Gasteiger partial charge in [-0.25, -0.2) is 9.59 Å². The number of carbonyl (C=O) groups is 2. The first-order valence-corrected chi connectivity index (χ1v) is 7.81. The minimum atomic E-state index is -1.07. The molecule has 0 amide bonds. The van der Waals surface area contributed by atoms with Gasteiger partial charge in [-0.15, -0.1) is 0 Å². The molecule has 0 fully saturated rings. The molecule has 0 saturated carbocycles. The molecule has 0 aromatic heterocycles. The van der Waals surface area contributed by atoms with Crippen LogP contribution in [-0.4, -0.2) is 56.2 Å². The van der Waals surface area contributed by atoms with E-state index in [2.05, 4.69) is 15.4 Å². The highest BCUT2D eigenvalue weighted by Crippen LogP contribution is 2.15. The van der Waals surface area contributed by atoms with Crippen LogP contribution in [0.5, 0.6) is 0 Å². The summed E-state index contributed by atoms with van der Waals surface area (Å²) in [5.74, 6) is 0. The lowest BCUT2D eigenvalue weighted by molar-refractivity contribution is -0.0361. The minimum Gasteiger partial charge on any atom is -0.428 e. The van der Waals surface area contributed by atoms with E-state index in [9.17, 15) is 9.59 Å². The number of rotatable bonds is 9. The van der Waals surface area contributed by atoms with Crippen LogP contribution in [0.1, 0.15) is 41.0 Å². The predicted molar refractivity (Wildman–Crippen MR) is 87.3 cm³/mol. The molecule has 0 heterocycles. The van der Waals surface area contributed by atoms with E-state index in [4.69, 9.17) is 15.2 Å². The van der Waals surface area contributed by atoms with Crippen LogP contribution in [0.3, 0.4) is 0 Å². The van der Waals surface area contributed by atoms with Gasteiger partial charge in [0.05, 0.1) is 0 Å². The molecular weight excluding hydrogens is 302 g/mol. The topological polar surface area (TPSA) is 112 Å². The number of hydrogen-bond acceptors (Lipinski definition) is 8. The van der Waals surface area contributed by atoms with E-state index in [1.165, 1.54) is 0 Å². The van der Waals surface area contributed by atoms with Crippen molar-refractivity contribution in [1.82, 2.24) is 10.6 Å². The third-order valence-corrected chi connectivity index (χ3v) is 2.62. The molecule has 0 atom stereocenters. The monoisotopic (exact) mass is 333 g/mol. The van der Waals surface area contributed by atoms with Crippen LogP contribution >= 0.6 is 0 Å². The average molecular weight is 333 g/mol. The molecule has 0 aromatic rings. The van der Waals surface area contributed by atoms with Crippen molar-refractivity contribution < 1.29 is 23.8 Å². The minimum absolute atomic E-state index is 0.577. The Morgan fingerprint density at radius 2 is 1.39 bits per heavy atom. The zero-order valence-corrected chi connectivity index (χ0v) is 14.9. The first kappa shape index (κ1) is 21.6. The molecule has 0 unspecified atom stereocenters. The molecule has 0 spiro atoms. The first-order chi connectivity index (χ1) is 10.6. The van der Waals surface area contributed by atoms with E-state index < -0.39 is 23.5 Å². The van der Waals surface area contributed by atoms with Crippen molar-refractivity contribution in [3.63, 3.8) is 0 Å². The highest BCUT2D eigenvalue weighted by atomic mass is 16.8. The maximum Gasteiger partial charge on any atom is 0.519 e. The number of nitrogens with one attached hydrogen (secondary N) is 2. The Morgan fingerprint density at radius 3 is 1.91 bits per heavy atom. The van der Waals surface area contributed by atoms with Crippen LogP contribution in [0.4, 0.5) is 9.59 Å². The highest BCUT2D eigenvalue weighted by Gasteiger charge is 2.27. The summed E-state index contributed by atoms with van der Waals surface area (Å²) in [5.41, 5.74) is 3.88. The van der Waals surface area contributed by atoms with Crippen LogP contribution < -0.4 is 16.4 Å². The second-order valence-corrected chi connectivity index (χ2v) is 6.72. The standard InChI is InChI=1S/C15H31N3O5/c1-14(2,3)22-12(19)21-13(20)23-15(4,5)6-8-17-10-11-18-9-7-16/h17-18H,6-11,16H2,1-5H3. The van der Waals surface area contributed by atoms with Crippen LogP contribution in [0.2, 0.25) is 0 Å². The third kappa shape index (κ3) is 14.0. The molecule has 0 aliphatic rings. The van der Waals surface area contributed by atoms with Gasteiger partial charge in [0.1, 0.15) is 11.2 Å². The summed E-state index contributed by atoms with van der Waals surface area (Å²) < 4.78 is 14.5. The summed E-state index contributed by atoms with van der Waals surface area (Å²) >= 11 is 0. The lowest BCUT2D eigenvalue weighted by atomic mass is 10.1. The molecule has 0 saturated heterocycles. The summed E-state index contributed by atoms with van der Waals surface area (Å²) in [6.07, 6.45) is -1.55. The normalized spacial score (nSPS) is 11.9. The van der Waals surface area contributed by atoms with E-state index >= 15 is 0 Å². The Bertz CT molecular complexity index is 367. The number of nitrogens with two attached hydrogens (primary N) is 1. The molecule has 0 radical (unpaired) electrons. The van der Waals surface area contributed by atoms with Crippen LogP contribution in [0.25, 0.3) is 0 Å². The molecule has 0 aromatic carbocycles. The Balaban J connectivity index is 3.92. The number of ether oxygens (including phenoxy) is 3. The Kier molecular flexibility index (Phi) is 9.78. The lowest BCUT2D eigenvalue weighted by Crippen LogP contribution is -2.36. The fourth-order valence-corrected chi connectivity index (χ4v) is 1.55. The molecule has 0 bridgehead atoms. The Hall–Kier alpha value is -1.38. The van der Waals surface area contributed by atoms with Gasteiger partial charge in [-0.05, 0) is 47.6 Å². The van der Waals surface area contributed by atoms with Crippen molar-refractivity contribution in [3.05, 3.63) is 0 Å². The summed E-state index contributed by atoms with van der Waals surface area (Å²) in [6, 6.07) is 0. The Labute approximate surface area is 138 Å². The molecule has 0 aliphatic carbocycles. The van der Waals surface area contributed by atoms with Crippen LogP contribution in [-0.2, 0) is 14.2 Å². The summed E-state index contributed by atoms with van der Waals surface area (Å²) in [6.45, 7) is 12.2. The molecule has 8 nitrogen and oxygen atoms in total. The molecular formula is C15H31N3O5. The quantitative estimate of drug-likeness (QED) is 0.330. The summed E-state index contributed by atoms with van der Waals surface area (Å²) in [7, 11) is 0. The van der Waals surface area contributed by atoms with Crippen LogP contribution in [0, 0.1) is 0 Å². The fourth-order valence-electron chi connectivity index (χ4n) is 1.55. The summed E-state index contributed by atoms with van der Waals surface area (Å²) in [5, 5.41) is 6.38. The van der Waals surface area contributed by atoms with Gasteiger partial charge < -0.3 is 30.6 Å². The third-order valence-electron chi connectivity index (χ3n) is 2.62. The zero-order chi connectivity index (χ0) is 17.9. The molecule has 23 heavy (non-hydrogen) atoms. The average Bonchev–Trinajstić information content (AvgIpc) is 2.34. The van der Waals surface area contributed by atoms with Crippen molar-refractivity contribution in [1.29, 1.82) is 0 Å². The smallest absolute Gasteiger partial charge is 0.428 e. The molecule has 136 valence electrons. The summed E-state index contributed by atoms with van der Waals surface area (Å²) in [4.78, 5) is 22.9. The van der Waals surface area contributed by atoms with Crippen molar-refractivity contribution in [2.45, 2.75) is 52.2 Å². The van der Waals surface area contributed by atoms with Crippen LogP contribution in [0.15, 0.2) is 0 Å². The second-order valence-electron chi connectivity index (χ2n) is 6.72. The van der Waals surface area contributed by atoms with E-state index in [0.29, 0.717) is 19.5 Å². The molecule has 0 aliphatic heterocycles. The number of hydrogen-bond donors (Lipinski definition) is 3. The van der Waals surface area contributed by atoms with Gasteiger partial charge in [0, 0.05) is 26.2 Å². The van der Waals surface area contributed by atoms with Gasteiger partial charge in [0.25, 0.3) is 0 Å². The largest absolute Gasteiger partial charge is 0.519 e. The highest BCUT2D eigenvalue weighted by molar-refractivity contribution is 5.77. The second kappa shape index (κ2) is 10.4. The predicted octanol–water partition coefficient (Wildman–Crippen LogP) is 1.38. The lowest BCUT2D eigenvalue weighted by Gasteiger charge is -2.25. The van der Waals surface area contributed by atoms with Gasteiger partial charge in [0.15, 0.2) is 0 Å². The van der Waals surface area contributed by atoms with E-state index in [1.807, 2.05) is 0 Å². The maximum atomic E-state index is 11.6. The van der Waals surface area contributed by atoms with Gasteiger partial charge >= 0.3 is 12.3 Å². The van der Waals surface area contributed by atoms with E-state index in [0.717, 1.165) is 19.6 Å². The Morgan fingerprint density at radius 1 is 0.870 bits per heavy atom. The van der Waals surface area contributed by atoms with Gasteiger partial charge in [0.2, 0.25) is 0 Å². The molecule has 4 N–H and O–H groups in total. The molecule has 0 rings (SSSR count). The van der Waals surface area contributed by atoms with Crippen molar-refractivity contribution in [2.24, 2.45) is 5.73 Å². The SMILES string of the molecule is CC(C)(C)OC(=O)OC(=O)OC(C)(C)CCNCCNCCN. The van der Waals surface area contributed by atoms with Gasteiger partial charge in [-0.1, -0.05) is 0 Å². The van der Waals surface area contributed by atoms with Crippen molar-refractivity contribution >= 4 is 12.3 Å². The van der Waals surface area contributed by atoms with E-state index in [1.54, 1.807) is 34.6 Å². The number of carbonyl (C=O) groups excluding carboxylic acids is 2. The maximum absolute atomic E-state index is 11.6. The zero-order valence-electron chi connectivity index (χ0n) is 14.9. The van der Waals surface area contributed by atoms with Gasteiger partial charge in [-0.3, -0.25) is 0 Å². The van der Waals surface area contributed by atoms with Gasteiger partial charge in [-0.2, -0.15) is 0 Å². The van der Waals surface area contributed by atoms with Crippen molar-refractivity contribution in [3.8, 4) is 0 Å². The molecule has 8 heteroatoms. The van der Waals surface area contributed by atoms with E-state index in [-0.39, 0.29) is 0 Å². The fraction of sp³-hybridized carbons (Fsp3) is 0.867. The first-order valence-electron chi connectivity index (χ1n) is 7.81.